The molecule has 0 aliphatic heterocycles. The second-order valence-electron chi connectivity index (χ2n) is 6.27. The van der Waals surface area contributed by atoms with Crippen LogP contribution in [-0.4, -0.2) is 28.0 Å². The van der Waals surface area contributed by atoms with E-state index < -0.39 is 10.0 Å². The molecule has 0 unspecified atom stereocenters. The smallest absolute Gasteiger partial charge is 0.261 e. The van der Waals surface area contributed by atoms with Gasteiger partial charge in [0.2, 0.25) is 0 Å². The Morgan fingerprint density at radius 1 is 0.900 bits per heavy atom. The van der Waals surface area contributed by atoms with E-state index in [0.29, 0.717) is 35.0 Å². The van der Waals surface area contributed by atoms with E-state index in [1.807, 2.05) is 6.92 Å². The maximum atomic E-state index is 12.6. The van der Waals surface area contributed by atoms with E-state index in [0.717, 1.165) is 0 Å². The van der Waals surface area contributed by atoms with Crippen molar-refractivity contribution in [1.29, 1.82) is 0 Å². The van der Waals surface area contributed by atoms with Gasteiger partial charge in [0.25, 0.3) is 15.9 Å². The molecule has 0 radical (unpaired) electrons. The molecular formula is C22H22N2O5S. The summed E-state index contributed by atoms with van der Waals surface area (Å²) in [7, 11) is -2.27. The maximum absolute atomic E-state index is 12.6. The molecule has 0 aliphatic rings. The standard InChI is InChI=1S/C22H22N2O5S/c1-3-29-19-11-7-16(8-12-19)22(25)23-17-9-13-21(14-10-17)30(26,27)24-18-5-4-6-20(15-18)28-2/h4-15,24H,3H2,1-2H3,(H,23,25). The Kier molecular flexibility index (Phi) is 6.58. The zero-order chi connectivity index (χ0) is 21.6. The van der Waals surface area contributed by atoms with Gasteiger partial charge in [-0.15, -0.1) is 0 Å². The van der Waals surface area contributed by atoms with Crippen molar-refractivity contribution in [3.05, 3.63) is 78.4 Å². The fourth-order valence-corrected chi connectivity index (χ4v) is 3.74. The molecule has 0 heterocycles. The zero-order valence-corrected chi connectivity index (χ0v) is 17.4. The number of benzene rings is 3. The summed E-state index contributed by atoms with van der Waals surface area (Å²) >= 11 is 0. The quantitative estimate of drug-likeness (QED) is 0.564. The fourth-order valence-electron chi connectivity index (χ4n) is 2.69. The number of sulfonamides is 1. The van der Waals surface area contributed by atoms with E-state index in [-0.39, 0.29) is 10.8 Å². The Balaban J connectivity index is 1.68. The first-order chi connectivity index (χ1) is 14.4. The minimum absolute atomic E-state index is 0.0735. The minimum atomic E-state index is -3.78. The van der Waals surface area contributed by atoms with Crippen LogP contribution in [0, 0.1) is 0 Å². The molecule has 0 saturated heterocycles. The average molecular weight is 426 g/mol. The minimum Gasteiger partial charge on any atom is -0.497 e. The second kappa shape index (κ2) is 9.32. The normalized spacial score (nSPS) is 10.9. The predicted octanol–water partition coefficient (Wildman–Crippen LogP) is 4.15. The number of ether oxygens (including phenoxy) is 2. The van der Waals surface area contributed by atoms with E-state index in [2.05, 4.69) is 10.0 Å². The van der Waals surface area contributed by atoms with E-state index in [1.54, 1.807) is 48.5 Å². The average Bonchev–Trinajstić information content (AvgIpc) is 2.74. The van der Waals surface area contributed by atoms with Gasteiger partial charge >= 0.3 is 0 Å². The number of rotatable bonds is 8. The fraction of sp³-hybridized carbons (Fsp3) is 0.136. The molecule has 0 saturated carbocycles. The van der Waals surface area contributed by atoms with Gasteiger partial charge in [-0.05, 0) is 67.6 Å². The van der Waals surface area contributed by atoms with Crippen LogP contribution < -0.4 is 19.5 Å². The molecule has 3 rings (SSSR count). The lowest BCUT2D eigenvalue weighted by Gasteiger charge is -2.10. The van der Waals surface area contributed by atoms with Crippen molar-refractivity contribution in [3.8, 4) is 11.5 Å². The number of amides is 1. The highest BCUT2D eigenvalue weighted by atomic mass is 32.2. The van der Waals surface area contributed by atoms with Crippen molar-refractivity contribution in [1.82, 2.24) is 0 Å². The van der Waals surface area contributed by atoms with Crippen molar-refractivity contribution in [2.24, 2.45) is 0 Å². The SMILES string of the molecule is CCOc1ccc(C(=O)Nc2ccc(S(=O)(=O)Nc3cccc(OC)c3)cc2)cc1. The third kappa shape index (κ3) is 5.30. The number of anilines is 2. The summed E-state index contributed by atoms with van der Waals surface area (Å²) in [6, 6.07) is 19.3. The third-order valence-electron chi connectivity index (χ3n) is 4.17. The molecule has 7 nitrogen and oxygen atoms in total. The highest BCUT2D eigenvalue weighted by Gasteiger charge is 2.15. The van der Waals surface area contributed by atoms with Gasteiger partial charge in [-0.2, -0.15) is 0 Å². The Bertz CT molecular complexity index is 1110. The summed E-state index contributed by atoms with van der Waals surface area (Å²) in [6.07, 6.45) is 0. The van der Waals surface area contributed by atoms with Crippen LogP contribution >= 0.6 is 0 Å². The first-order valence-corrected chi connectivity index (χ1v) is 10.7. The van der Waals surface area contributed by atoms with Gasteiger partial charge in [-0.1, -0.05) is 6.07 Å². The van der Waals surface area contributed by atoms with Crippen LogP contribution in [0.25, 0.3) is 0 Å². The zero-order valence-electron chi connectivity index (χ0n) is 16.6. The summed E-state index contributed by atoms with van der Waals surface area (Å²) in [5.41, 5.74) is 1.34. The molecule has 0 atom stereocenters. The summed E-state index contributed by atoms with van der Waals surface area (Å²) < 4.78 is 38.1. The van der Waals surface area contributed by atoms with Crippen LogP contribution in [0.15, 0.2) is 77.7 Å². The Hall–Kier alpha value is -3.52. The summed E-state index contributed by atoms with van der Waals surface area (Å²) in [6.45, 7) is 2.43. The maximum Gasteiger partial charge on any atom is 0.261 e. The monoisotopic (exact) mass is 426 g/mol. The lowest BCUT2D eigenvalue weighted by Crippen LogP contribution is -2.14. The molecule has 1 amide bonds. The van der Waals surface area contributed by atoms with Crippen LogP contribution in [0.4, 0.5) is 11.4 Å². The van der Waals surface area contributed by atoms with Crippen LogP contribution in [-0.2, 0) is 10.0 Å². The van der Waals surface area contributed by atoms with Gasteiger partial charge in [-0.3, -0.25) is 9.52 Å². The number of nitrogens with one attached hydrogen (secondary N) is 2. The van der Waals surface area contributed by atoms with Crippen molar-refractivity contribution >= 4 is 27.3 Å². The highest BCUT2D eigenvalue weighted by molar-refractivity contribution is 7.92. The number of hydrogen-bond acceptors (Lipinski definition) is 5. The predicted molar refractivity (Wildman–Crippen MR) is 116 cm³/mol. The Morgan fingerprint density at radius 3 is 2.23 bits per heavy atom. The number of carbonyl (C=O) groups excluding carboxylic acids is 1. The molecule has 8 heteroatoms. The number of hydrogen-bond donors (Lipinski definition) is 2. The molecule has 0 aromatic heterocycles. The van der Waals surface area contributed by atoms with E-state index in [4.69, 9.17) is 9.47 Å². The van der Waals surface area contributed by atoms with Crippen LogP contribution in [0.5, 0.6) is 11.5 Å². The third-order valence-corrected chi connectivity index (χ3v) is 5.57. The van der Waals surface area contributed by atoms with Crippen molar-refractivity contribution in [2.75, 3.05) is 23.8 Å². The first-order valence-electron chi connectivity index (χ1n) is 9.22. The Labute approximate surface area is 175 Å². The van der Waals surface area contributed by atoms with Crippen molar-refractivity contribution in [2.45, 2.75) is 11.8 Å². The van der Waals surface area contributed by atoms with Gasteiger partial charge in [0.05, 0.1) is 24.3 Å². The Morgan fingerprint density at radius 2 is 1.60 bits per heavy atom. The number of methoxy groups -OCH3 is 1. The molecule has 0 spiro atoms. The first kappa shape index (κ1) is 21.2. The molecule has 0 bridgehead atoms. The topological polar surface area (TPSA) is 93.7 Å². The summed E-state index contributed by atoms with van der Waals surface area (Å²) in [4.78, 5) is 12.4. The second-order valence-corrected chi connectivity index (χ2v) is 7.96. The lowest BCUT2D eigenvalue weighted by molar-refractivity contribution is 0.102. The van der Waals surface area contributed by atoms with Gasteiger partial charge in [0, 0.05) is 17.3 Å². The molecule has 2 N–H and O–H groups in total. The van der Waals surface area contributed by atoms with Gasteiger partial charge in [0.15, 0.2) is 0 Å². The van der Waals surface area contributed by atoms with Crippen molar-refractivity contribution < 1.29 is 22.7 Å². The summed E-state index contributed by atoms with van der Waals surface area (Å²) in [5, 5.41) is 2.74. The number of carbonyl (C=O) groups is 1. The molecule has 3 aromatic carbocycles. The molecule has 30 heavy (non-hydrogen) atoms. The largest absolute Gasteiger partial charge is 0.497 e. The highest BCUT2D eigenvalue weighted by Crippen LogP contribution is 2.22. The van der Waals surface area contributed by atoms with Crippen LogP contribution in [0.1, 0.15) is 17.3 Å². The van der Waals surface area contributed by atoms with Gasteiger partial charge in [-0.25, -0.2) is 8.42 Å². The van der Waals surface area contributed by atoms with E-state index >= 15 is 0 Å². The molecule has 0 aliphatic carbocycles. The molecule has 3 aromatic rings. The van der Waals surface area contributed by atoms with Crippen LogP contribution in [0.2, 0.25) is 0 Å². The van der Waals surface area contributed by atoms with Crippen molar-refractivity contribution in [3.63, 3.8) is 0 Å². The molecule has 156 valence electrons. The molecule has 0 fully saturated rings. The van der Waals surface area contributed by atoms with Gasteiger partial charge in [0.1, 0.15) is 11.5 Å². The lowest BCUT2D eigenvalue weighted by atomic mass is 10.2. The van der Waals surface area contributed by atoms with Gasteiger partial charge < -0.3 is 14.8 Å². The molecular weight excluding hydrogens is 404 g/mol. The van der Waals surface area contributed by atoms with Crippen LogP contribution in [0.3, 0.4) is 0 Å². The summed E-state index contributed by atoms with van der Waals surface area (Å²) in [5.74, 6) is 0.929. The van der Waals surface area contributed by atoms with E-state index in [1.165, 1.54) is 31.4 Å². The van der Waals surface area contributed by atoms with E-state index in [9.17, 15) is 13.2 Å².